The standard InChI is InChI=1S/C14H22N2O7/c1-21-12(18)2-3-13(19)23-10-11(17)14(20)15-4-5-16-6-8-22-9-7-16/h2-3,11,17H,4-10H2,1H3,(H,15,20)/b3-2+. The second kappa shape index (κ2) is 10.7. The number of esters is 2. The molecule has 0 bridgehead atoms. The number of aliphatic hydroxyl groups excluding tert-OH is 1. The summed E-state index contributed by atoms with van der Waals surface area (Å²) in [5, 5.41) is 12.1. The van der Waals surface area contributed by atoms with Gasteiger partial charge in [0.1, 0.15) is 6.61 Å². The van der Waals surface area contributed by atoms with E-state index in [9.17, 15) is 19.5 Å². The first kappa shape index (κ1) is 19.1. The van der Waals surface area contributed by atoms with E-state index in [4.69, 9.17) is 4.74 Å². The van der Waals surface area contributed by atoms with Gasteiger partial charge in [-0.2, -0.15) is 0 Å². The highest BCUT2D eigenvalue weighted by atomic mass is 16.5. The van der Waals surface area contributed by atoms with Crippen LogP contribution in [0.15, 0.2) is 12.2 Å². The number of ether oxygens (including phenoxy) is 3. The van der Waals surface area contributed by atoms with Crippen LogP contribution in [-0.4, -0.2) is 87.1 Å². The number of nitrogens with zero attached hydrogens (tertiary/aromatic N) is 1. The van der Waals surface area contributed by atoms with Crippen LogP contribution in [0.1, 0.15) is 0 Å². The number of carbonyl (C=O) groups excluding carboxylic acids is 3. The Morgan fingerprint density at radius 2 is 1.91 bits per heavy atom. The van der Waals surface area contributed by atoms with Crippen LogP contribution in [0.2, 0.25) is 0 Å². The van der Waals surface area contributed by atoms with Crippen molar-refractivity contribution in [1.29, 1.82) is 0 Å². The molecule has 1 atom stereocenters. The Morgan fingerprint density at radius 3 is 2.57 bits per heavy atom. The van der Waals surface area contributed by atoms with Crippen LogP contribution in [0.4, 0.5) is 0 Å². The Bertz CT molecular complexity index is 433. The number of carbonyl (C=O) groups is 3. The summed E-state index contributed by atoms with van der Waals surface area (Å²) < 4.78 is 14.2. The summed E-state index contributed by atoms with van der Waals surface area (Å²) in [6.07, 6.45) is 0.279. The largest absolute Gasteiger partial charge is 0.466 e. The first-order valence-corrected chi connectivity index (χ1v) is 7.21. The van der Waals surface area contributed by atoms with Crippen molar-refractivity contribution in [2.45, 2.75) is 6.10 Å². The number of nitrogens with one attached hydrogen (secondary N) is 1. The van der Waals surface area contributed by atoms with Crippen LogP contribution >= 0.6 is 0 Å². The van der Waals surface area contributed by atoms with Crippen molar-refractivity contribution in [1.82, 2.24) is 10.2 Å². The van der Waals surface area contributed by atoms with Crippen molar-refractivity contribution in [3.63, 3.8) is 0 Å². The Morgan fingerprint density at radius 1 is 1.26 bits per heavy atom. The number of hydrogen-bond donors (Lipinski definition) is 2. The zero-order valence-electron chi connectivity index (χ0n) is 13.0. The molecular weight excluding hydrogens is 308 g/mol. The molecule has 9 nitrogen and oxygen atoms in total. The van der Waals surface area contributed by atoms with E-state index in [2.05, 4.69) is 19.7 Å². The lowest BCUT2D eigenvalue weighted by Gasteiger charge is -2.26. The van der Waals surface area contributed by atoms with E-state index in [0.717, 1.165) is 25.2 Å². The van der Waals surface area contributed by atoms with Gasteiger partial charge in [-0.3, -0.25) is 9.69 Å². The molecule has 9 heteroatoms. The quantitative estimate of drug-likeness (QED) is 0.391. The van der Waals surface area contributed by atoms with E-state index in [0.29, 0.717) is 26.3 Å². The van der Waals surface area contributed by atoms with E-state index in [1.807, 2.05) is 0 Å². The third kappa shape index (κ3) is 8.29. The summed E-state index contributed by atoms with van der Waals surface area (Å²) in [5.41, 5.74) is 0. The van der Waals surface area contributed by atoms with Gasteiger partial charge in [0, 0.05) is 38.3 Å². The molecule has 0 aromatic carbocycles. The smallest absolute Gasteiger partial charge is 0.331 e. The molecule has 1 amide bonds. The topological polar surface area (TPSA) is 114 Å². The molecule has 1 fully saturated rings. The van der Waals surface area contributed by atoms with E-state index in [1.165, 1.54) is 7.11 Å². The van der Waals surface area contributed by atoms with Crippen LogP contribution < -0.4 is 5.32 Å². The Kier molecular flexibility index (Phi) is 8.88. The second-order valence-corrected chi connectivity index (χ2v) is 4.75. The maximum atomic E-state index is 11.6. The van der Waals surface area contributed by atoms with Crippen molar-refractivity contribution in [3.8, 4) is 0 Å². The molecule has 1 saturated heterocycles. The van der Waals surface area contributed by atoms with Gasteiger partial charge in [-0.15, -0.1) is 0 Å². The molecule has 1 aliphatic rings. The van der Waals surface area contributed by atoms with Gasteiger partial charge in [0.25, 0.3) is 5.91 Å². The Hall–Kier alpha value is -1.97. The number of aliphatic hydroxyl groups is 1. The molecule has 0 radical (unpaired) electrons. The maximum Gasteiger partial charge on any atom is 0.331 e. The highest BCUT2D eigenvalue weighted by molar-refractivity contribution is 5.91. The van der Waals surface area contributed by atoms with Crippen molar-refractivity contribution in [2.75, 3.05) is 53.1 Å². The van der Waals surface area contributed by atoms with Gasteiger partial charge in [0.15, 0.2) is 6.10 Å². The predicted molar refractivity (Wildman–Crippen MR) is 78.4 cm³/mol. The monoisotopic (exact) mass is 330 g/mol. The highest BCUT2D eigenvalue weighted by Gasteiger charge is 2.17. The third-order valence-electron chi connectivity index (χ3n) is 3.07. The van der Waals surface area contributed by atoms with Crippen molar-refractivity contribution >= 4 is 17.8 Å². The predicted octanol–water partition coefficient (Wildman–Crippen LogP) is -1.93. The molecule has 0 aromatic rings. The fourth-order valence-electron chi connectivity index (χ4n) is 1.77. The van der Waals surface area contributed by atoms with Gasteiger partial charge in [-0.25, -0.2) is 9.59 Å². The lowest BCUT2D eigenvalue weighted by Crippen LogP contribution is -2.44. The van der Waals surface area contributed by atoms with Crippen LogP contribution in [0, 0.1) is 0 Å². The molecule has 2 N–H and O–H groups in total. The minimum atomic E-state index is -1.46. The van der Waals surface area contributed by atoms with Crippen molar-refractivity contribution in [2.24, 2.45) is 0 Å². The van der Waals surface area contributed by atoms with Gasteiger partial charge in [-0.1, -0.05) is 0 Å². The summed E-state index contributed by atoms with van der Waals surface area (Å²) >= 11 is 0. The average Bonchev–Trinajstić information content (AvgIpc) is 2.58. The minimum Gasteiger partial charge on any atom is -0.466 e. The van der Waals surface area contributed by atoms with Crippen molar-refractivity contribution in [3.05, 3.63) is 12.2 Å². The van der Waals surface area contributed by atoms with E-state index < -0.39 is 30.6 Å². The number of morpholine rings is 1. The molecule has 130 valence electrons. The van der Waals surface area contributed by atoms with Crippen LogP contribution in [0.3, 0.4) is 0 Å². The molecule has 0 aliphatic carbocycles. The summed E-state index contributed by atoms with van der Waals surface area (Å²) in [4.78, 5) is 35.8. The van der Waals surface area contributed by atoms with E-state index in [1.54, 1.807) is 0 Å². The van der Waals surface area contributed by atoms with Crippen LogP contribution in [0.5, 0.6) is 0 Å². The number of methoxy groups -OCH3 is 1. The van der Waals surface area contributed by atoms with Crippen LogP contribution in [0.25, 0.3) is 0 Å². The summed E-state index contributed by atoms with van der Waals surface area (Å²) in [5.74, 6) is -2.18. The normalized spacial score (nSPS) is 16.8. The number of amides is 1. The zero-order valence-corrected chi connectivity index (χ0v) is 13.0. The minimum absolute atomic E-state index is 0.381. The Labute approximate surface area is 134 Å². The molecule has 1 unspecified atom stereocenters. The average molecular weight is 330 g/mol. The van der Waals surface area contributed by atoms with E-state index in [-0.39, 0.29) is 0 Å². The first-order valence-electron chi connectivity index (χ1n) is 7.21. The van der Waals surface area contributed by atoms with Gasteiger partial charge in [-0.05, 0) is 0 Å². The molecule has 0 spiro atoms. The van der Waals surface area contributed by atoms with Crippen molar-refractivity contribution < 1.29 is 33.7 Å². The molecule has 1 heterocycles. The molecule has 1 rings (SSSR count). The zero-order chi connectivity index (χ0) is 17.1. The fraction of sp³-hybridized carbons (Fsp3) is 0.643. The van der Waals surface area contributed by atoms with Crippen LogP contribution in [-0.2, 0) is 28.6 Å². The lowest BCUT2D eigenvalue weighted by molar-refractivity contribution is -0.145. The molecule has 23 heavy (non-hydrogen) atoms. The summed E-state index contributed by atoms with van der Waals surface area (Å²) in [6.45, 7) is 3.51. The molecular formula is C14H22N2O7. The highest BCUT2D eigenvalue weighted by Crippen LogP contribution is 1.95. The maximum absolute atomic E-state index is 11.6. The lowest BCUT2D eigenvalue weighted by atomic mass is 10.3. The summed E-state index contributed by atoms with van der Waals surface area (Å²) in [7, 11) is 1.17. The van der Waals surface area contributed by atoms with Gasteiger partial charge in [0.05, 0.1) is 20.3 Å². The number of rotatable bonds is 8. The molecule has 0 aromatic heterocycles. The fourth-order valence-corrected chi connectivity index (χ4v) is 1.77. The summed E-state index contributed by atoms with van der Waals surface area (Å²) in [6, 6.07) is 0. The second-order valence-electron chi connectivity index (χ2n) is 4.75. The SMILES string of the molecule is COC(=O)/C=C/C(=O)OCC(O)C(=O)NCCN1CCOCC1. The van der Waals surface area contributed by atoms with Gasteiger partial charge >= 0.3 is 11.9 Å². The third-order valence-corrected chi connectivity index (χ3v) is 3.07. The molecule has 1 aliphatic heterocycles. The van der Waals surface area contributed by atoms with Gasteiger partial charge < -0.3 is 24.6 Å². The first-order chi connectivity index (χ1) is 11.0. The van der Waals surface area contributed by atoms with Gasteiger partial charge in [0.2, 0.25) is 0 Å². The Balaban J connectivity index is 2.16. The number of hydrogen-bond acceptors (Lipinski definition) is 8. The van der Waals surface area contributed by atoms with E-state index >= 15 is 0 Å². The molecule has 0 saturated carbocycles.